The maximum atomic E-state index is 13.6. The molecule has 106 valence electrons. The second kappa shape index (κ2) is 5.94. The standard InChI is InChI=1S/C16H16BrFO2/c1-9-4-5-11(13(17)6-9)16(19)12-8-15(20-3)14(18)7-10(12)2/h4-8,16,19H,1-3H3. The average Bonchev–Trinajstić information content (AvgIpc) is 2.38. The number of methoxy groups -OCH3 is 1. The number of ether oxygens (including phenoxy) is 1. The summed E-state index contributed by atoms with van der Waals surface area (Å²) in [5, 5.41) is 10.5. The number of aliphatic hydroxyl groups excluding tert-OH is 1. The first-order valence-corrected chi connectivity index (χ1v) is 7.01. The number of halogens is 2. The molecule has 0 aliphatic heterocycles. The minimum atomic E-state index is -0.834. The van der Waals surface area contributed by atoms with Crippen molar-refractivity contribution in [2.45, 2.75) is 20.0 Å². The van der Waals surface area contributed by atoms with Gasteiger partial charge in [0.2, 0.25) is 0 Å². The van der Waals surface area contributed by atoms with Gasteiger partial charge in [0.05, 0.1) is 7.11 Å². The van der Waals surface area contributed by atoms with Gasteiger partial charge in [0, 0.05) is 4.47 Å². The van der Waals surface area contributed by atoms with E-state index in [0.29, 0.717) is 11.1 Å². The Kier molecular flexibility index (Phi) is 4.45. The second-order valence-electron chi connectivity index (χ2n) is 4.77. The highest BCUT2D eigenvalue weighted by Crippen LogP contribution is 2.33. The Morgan fingerprint density at radius 1 is 1.15 bits per heavy atom. The monoisotopic (exact) mass is 338 g/mol. The van der Waals surface area contributed by atoms with E-state index in [1.54, 1.807) is 13.0 Å². The van der Waals surface area contributed by atoms with Crippen molar-refractivity contribution in [1.29, 1.82) is 0 Å². The van der Waals surface area contributed by atoms with Crippen molar-refractivity contribution in [2.24, 2.45) is 0 Å². The first-order chi connectivity index (χ1) is 9.43. The van der Waals surface area contributed by atoms with E-state index < -0.39 is 11.9 Å². The molecular formula is C16H16BrFO2. The number of rotatable bonds is 3. The first kappa shape index (κ1) is 15.0. The van der Waals surface area contributed by atoms with E-state index in [1.807, 2.05) is 25.1 Å². The van der Waals surface area contributed by atoms with Gasteiger partial charge in [-0.1, -0.05) is 28.1 Å². The van der Waals surface area contributed by atoms with Crippen molar-refractivity contribution < 1.29 is 14.2 Å². The Morgan fingerprint density at radius 3 is 2.45 bits per heavy atom. The van der Waals surface area contributed by atoms with Gasteiger partial charge in [-0.15, -0.1) is 0 Å². The van der Waals surface area contributed by atoms with E-state index in [0.717, 1.165) is 15.6 Å². The van der Waals surface area contributed by atoms with E-state index in [1.165, 1.54) is 13.2 Å². The first-order valence-electron chi connectivity index (χ1n) is 6.22. The molecule has 20 heavy (non-hydrogen) atoms. The molecule has 1 atom stereocenters. The molecule has 1 unspecified atom stereocenters. The van der Waals surface area contributed by atoms with Crippen LogP contribution in [0.3, 0.4) is 0 Å². The van der Waals surface area contributed by atoms with Gasteiger partial charge in [-0.05, 0) is 54.3 Å². The molecule has 2 nitrogen and oxygen atoms in total. The Labute approximate surface area is 126 Å². The van der Waals surface area contributed by atoms with Crippen molar-refractivity contribution in [3.05, 3.63) is 62.9 Å². The molecule has 2 rings (SSSR count). The third kappa shape index (κ3) is 2.86. The molecule has 0 aliphatic rings. The van der Waals surface area contributed by atoms with Crippen LogP contribution in [0.15, 0.2) is 34.8 Å². The summed E-state index contributed by atoms with van der Waals surface area (Å²) >= 11 is 3.45. The lowest BCUT2D eigenvalue weighted by molar-refractivity contribution is 0.218. The van der Waals surface area contributed by atoms with Gasteiger partial charge >= 0.3 is 0 Å². The highest BCUT2D eigenvalue weighted by atomic mass is 79.9. The van der Waals surface area contributed by atoms with Gasteiger partial charge in [0.15, 0.2) is 11.6 Å². The van der Waals surface area contributed by atoms with Gasteiger partial charge in [-0.3, -0.25) is 0 Å². The molecule has 1 N–H and O–H groups in total. The normalized spacial score (nSPS) is 12.3. The summed E-state index contributed by atoms with van der Waals surface area (Å²) in [7, 11) is 1.41. The largest absolute Gasteiger partial charge is 0.494 e. The topological polar surface area (TPSA) is 29.5 Å². The molecule has 2 aromatic rings. The summed E-state index contributed by atoms with van der Waals surface area (Å²) < 4.78 is 19.4. The molecule has 0 bridgehead atoms. The lowest BCUT2D eigenvalue weighted by atomic mass is 9.96. The molecule has 0 heterocycles. The maximum Gasteiger partial charge on any atom is 0.165 e. The van der Waals surface area contributed by atoms with Crippen molar-refractivity contribution in [2.75, 3.05) is 7.11 Å². The summed E-state index contributed by atoms with van der Waals surface area (Å²) in [5.41, 5.74) is 3.16. The fraction of sp³-hybridized carbons (Fsp3) is 0.250. The van der Waals surface area contributed by atoms with E-state index in [9.17, 15) is 9.50 Å². The molecule has 4 heteroatoms. The SMILES string of the molecule is COc1cc(C(O)c2ccc(C)cc2Br)c(C)cc1F. The predicted molar refractivity (Wildman–Crippen MR) is 80.6 cm³/mol. The zero-order chi connectivity index (χ0) is 14.9. The van der Waals surface area contributed by atoms with Crippen LogP contribution in [0.4, 0.5) is 4.39 Å². The van der Waals surface area contributed by atoms with E-state index in [-0.39, 0.29) is 5.75 Å². The van der Waals surface area contributed by atoms with E-state index >= 15 is 0 Å². The highest BCUT2D eigenvalue weighted by molar-refractivity contribution is 9.10. The second-order valence-corrected chi connectivity index (χ2v) is 5.63. The highest BCUT2D eigenvalue weighted by Gasteiger charge is 2.18. The molecule has 0 amide bonds. The van der Waals surface area contributed by atoms with Crippen LogP contribution in [0.25, 0.3) is 0 Å². The van der Waals surface area contributed by atoms with Gasteiger partial charge in [-0.2, -0.15) is 0 Å². The van der Waals surface area contributed by atoms with Crippen LogP contribution in [-0.4, -0.2) is 12.2 Å². The Balaban J connectivity index is 2.50. The average molecular weight is 339 g/mol. The van der Waals surface area contributed by atoms with Crippen molar-refractivity contribution in [3.63, 3.8) is 0 Å². The van der Waals surface area contributed by atoms with Crippen LogP contribution in [0.1, 0.15) is 28.4 Å². The Bertz CT molecular complexity index is 641. The Morgan fingerprint density at radius 2 is 1.85 bits per heavy atom. The smallest absolute Gasteiger partial charge is 0.165 e. The number of hydrogen-bond donors (Lipinski definition) is 1. The van der Waals surface area contributed by atoms with Gasteiger partial charge < -0.3 is 9.84 Å². The number of aryl methyl sites for hydroxylation is 2. The van der Waals surface area contributed by atoms with Crippen LogP contribution in [0, 0.1) is 19.7 Å². The molecule has 0 fully saturated rings. The molecule has 2 aromatic carbocycles. The molecule has 0 aliphatic carbocycles. The van der Waals surface area contributed by atoms with Gasteiger partial charge in [-0.25, -0.2) is 4.39 Å². The minimum Gasteiger partial charge on any atom is -0.494 e. The molecular weight excluding hydrogens is 323 g/mol. The summed E-state index contributed by atoms with van der Waals surface area (Å²) in [5.74, 6) is -0.295. The van der Waals surface area contributed by atoms with Crippen LogP contribution in [-0.2, 0) is 0 Å². The van der Waals surface area contributed by atoms with Crippen molar-refractivity contribution in [1.82, 2.24) is 0 Å². The fourth-order valence-electron chi connectivity index (χ4n) is 2.14. The minimum absolute atomic E-state index is 0.132. The van der Waals surface area contributed by atoms with Crippen LogP contribution < -0.4 is 4.74 Å². The molecule has 0 aromatic heterocycles. The lowest BCUT2D eigenvalue weighted by Crippen LogP contribution is -2.05. The molecule has 0 radical (unpaired) electrons. The van der Waals surface area contributed by atoms with Gasteiger partial charge in [0.25, 0.3) is 0 Å². The molecule has 0 spiro atoms. The molecule has 0 saturated heterocycles. The Hall–Kier alpha value is -1.39. The third-order valence-corrected chi connectivity index (χ3v) is 3.97. The summed E-state index contributed by atoms with van der Waals surface area (Å²) in [6.45, 7) is 3.75. The maximum absolute atomic E-state index is 13.6. The number of benzene rings is 2. The predicted octanol–water partition coefficient (Wildman–Crippen LogP) is 4.30. The van der Waals surface area contributed by atoms with E-state index in [4.69, 9.17) is 4.74 Å². The number of hydrogen-bond acceptors (Lipinski definition) is 2. The zero-order valence-corrected chi connectivity index (χ0v) is 13.2. The quantitative estimate of drug-likeness (QED) is 0.904. The van der Waals surface area contributed by atoms with Gasteiger partial charge in [0.1, 0.15) is 6.10 Å². The summed E-state index contributed by atoms with van der Waals surface area (Å²) in [6.07, 6.45) is -0.834. The van der Waals surface area contributed by atoms with E-state index in [2.05, 4.69) is 15.9 Å². The van der Waals surface area contributed by atoms with Crippen LogP contribution in [0.5, 0.6) is 5.75 Å². The summed E-state index contributed by atoms with van der Waals surface area (Å²) in [6, 6.07) is 8.65. The lowest BCUT2D eigenvalue weighted by Gasteiger charge is -2.17. The van der Waals surface area contributed by atoms with Crippen molar-refractivity contribution >= 4 is 15.9 Å². The number of aliphatic hydroxyl groups is 1. The van der Waals surface area contributed by atoms with Crippen LogP contribution >= 0.6 is 15.9 Å². The molecule has 0 saturated carbocycles. The fourth-order valence-corrected chi connectivity index (χ4v) is 2.85. The van der Waals surface area contributed by atoms with Crippen molar-refractivity contribution in [3.8, 4) is 5.75 Å². The zero-order valence-electron chi connectivity index (χ0n) is 11.6. The van der Waals surface area contributed by atoms with Crippen LogP contribution in [0.2, 0.25) is 0 Å². The summed E-state index contributed by atoms with van der Waals surface area (Å²) in [4.78, 5) is 0. The third-order valence-electron chi connectivity index (χ3n) is 3.29.